The second kappa shape index (κ2) is 6.17. The molecule has 0 heterocycles. The minimum atomic E-state index is -3.02. The van der Waals surface area contributed by atoms with E-state index in [1.807, 2.05) is 31.2 Å². The van der Waals surface area contributed by atoms with Crippen LogP contribution in [-0.2, 0) is 16.3 Å². The summed E-state index contributed by atoms with van der Waals surface area (Å²) in [5.74, 6) is 0.250. The highest BCUT2D eigenvalue weighted by molar-refractivity contribution is 7.91. The van der Waals surface area contributed by atoms with E-state index in [1.54, 1.807) is 0 Å². The summed E-state index contributed by atoms with van der Waals surface area (Å²) < 4.78 is 23.3. The number of hydrogen-bond donors (Lipinski definition) is 1. The molecule has 17 heavy (non-hydrogen) atoms. The summed E-state index contributed by atoms with van der Waals surface area (Å²) in [6, 6.07) is 7.43. The van der Waals surface area contributed by atoms with Crippen LogP contribution < -0.4 is 5.73 Å². The zero-order valence-corrected chi connectivity index (χ0v) is 11.3. The molecule has 3 nitrogen and oxygen atoms in total. The minimum Gasteiger partial charge on any atom is -0.323 e. The van der Waals surface area contributed by atoms with Gasteiger partial charge in [-0.05, 0) is 24.0 Å². The summed E-state index contributed by atoms with van der Waals surface area (Å²) >= 11 is 0. The molecule has 0 bridgehead atoms. The average molecular weight is 255 g/mol. The third-order valence-electron chi connectivity index (χ3n) is 2.76. The summed E-state index contributed by atoms with van der Waals surface area (Å²) in [6.07, 6.45) is 1.62. The van der Waals surface area contributed by atoms with E-state index in [-0.39, 0.29) is 11.5 Å². The Balaban J connectivity index is 2.72. The number of hydrogen-bond acceptors (Lipinski definition) is 3. The number of aryl methyl sites for hydroxylation is 1. The van der Waals surface area contributed by atoms with Crippen LogP contribution in [0.4, 0.5) is 0 Å². The van der Waals surface area contributed by atoms with Crippen LogP contribution in [-0.4, -0.2) is 19.9 Å². The maximum Gasteiger partial charge on any atom is 0.152 e. The molecular weight excluding hydrogens is 234 g/mol. The van der Waals surface area contributed by atoms with Crippen LogP contribution in [0.25, 0.3) is 0 Å². The van der Waals surface area contributed by atoms with Crippen LogP contribution >= 0.6 is 0 Å². The zero-order valence-electron chi connectivity index (χ0n) is 10.5. The van der Waals surface area contributed by atoms with Gasteiger partial charge in [-0.15, -0.1) is 0 Å². The lowest BCUT2D eigenvalue weighted by molar-refractivity contribution is 0.587. The third-order valence-corrected chi connectivity index (χ3v) is 4.66. The molecule has 0 amide bonds. The fraction of sp³-hybridized carbons (Fsp3) is 0.538. The van der Waals surface area contributed by atoms with Crippen molar-refractivity contribution in [2.75, 3.05) is 11.5 Å². The molecule has 0 saturated carbocycles. The van der Waals surface area contributed by atoms with Crippen molar-refractivity contribution in [3.63, 3.8) is 0 Å². The molecule has 0 radical (unpaired) electrons. The van der Waals surface area contributed by atoms with Gasteiger partial charge in [0.05, 0.1) is 5.75 Å². The smallest absolute Gasteiger partial charge is 0.152 e. The first kappa shape index (κ1) is 14.2. The lowest BCUT2D eigenvalue weighted by Crippen LogP contribution is -2.23. The van der Waals surface area contributed by atoms with E-state index in [4.69, 9.17) is 5.73 Å². The average Bonchev–Trinajstić information content (AvgIpc) is 2.28. The van der Waals surface area contributed by atoms with E-state index in [2.05, 4.69) is 6.92 Å². The Bertz CT molecular complexity index is 437. The van der Waals surface area contributed by atoms with Gasteiger partial charge >= 0.3 is 0 Å². The molecule has 0 fully saturated rings. The Morgan fingerprint density at radius 1 is 1.18 bits per heavy atom. The Labute approximate surface area is 104 Å². The Kier molecular flexibility index (Phi) is 5.15. The van der Waals surface area contributed by atoms with Gasteiger partial charge in [0.15, 0.2) is 9.84 Å². The van der Waals surface area contributed by atoms with Crippen LogP contribution in [0, 0.1) is 0 Å². The highest BCUT2D eigenvalue weighted by Crippen LogP contribution is 2.14. The molecule has 4 heteroatoms. The van der Waals surface area contributed by atoms with Gasteiger partial charge in [0.2, 0.25) is 0 Å². The molecule has 0 aliphatic heterocycles. The second-order valence-electron chi connectivity index (χ2n) is 4.32. The van der Waals surface area contributed by atoms with Crippen molar-refractivity contribution in [3.05, 3.63) is 35.4 Å². The van der Waals surface area contributed by atoms with Crippen LogP contribution in [0.1, 0.15) is 37.4 Å². The molecule has 1 unspecified atom stereocenters. The zero-order chi connectivity index (χ0) is 12.9. The van der Waals surface area contributed by atoms with Gasteiger partial charge in [0.1, 0.15) is 0 Å². The van der Waals surface area contributed by atoms with Crippen molar-refractivity contribution >= 4 is 9.84 Å². The first-order valence-corrected chi connectivity index (χ1v) is 7.85. The molecule has 0 aromatic heterocycles. The summed E-state index contributed by atoms with van der Waals surface area (Å²) in [4.78, 5) is 0. The lowest BCUT2D eigenvalue weighted by Gasteiger charge is -2.12. The van der Waals surface area contributed by atoms with E-state index < -0.39 is 15.9 Å². The molecule has 2 N–H and O–H groups in total. The molecule has 1 aromatic rings. The van der Waals surface area contributed by atoms with Crippen LogP contribution in [0.5, 0.6) is 0 Å². The molecule has 1 aromatic carbocycles. The van der Waals surface area contributed by atoms with Crippen molar-refractivity contribution in [2.24, 2.45) is 5.73 Å². The van der Waals surface area contributed by atoms with E-state index >= 15 is 0 Å². The highest BCUT2D eigenvalue weighted by Gasteiger charge is 2.16. The predicted molar refractivity (Wildman–Crippen MR) is 71.7 cm³/mol. The largest absolute Gasteiger partial charge is 0.323 e. The maximum atomic E-state index is 11.7. The predicted octanol–water partition coefficient (Wildman–Crippen LogP) is 2.07. The molecular formula is C13H21NO2S. The van der Waals surface area contributed by atoms with Crippen molar-refractivity contribution in [1.29, 1.82) is 0 Å². The molecule has 0 aliphatic carbocycles. The van der Waals surface area contributed by atoms with Crippen molar-refractivity contribution < 1.29 is 8.42 Å². The topological polar surface area (TPSA) is 60.2 Å². The number of nitrogens with two attached hydrogens (primary N) is 1. The van der Waals surface area contributed by atoms with Gasteiger partial charge in [-0.25, -0.2) is 8.42 Å². The van der Waals surface area contributed by atoms with E-state index in [1.165, 1.54) is 5.56 Å². The minimum absolute atomic E-state index is 0.0340. The van der Waals surface area contributed by atoms with Crippen LogP contribution in [0.15, 0.2) is 24.3 Å². The Morgan fingerprint density at radius 2 is 1.76 bits per heavy atom. The number of benzene rings is 1. The lowest BCUT2D eigenvalue weighted by atomic mass is 10.1. The first-order chi connectivity index (χ1) is 7.98. The summed E-state index contributed by atoms with van der Waals surface area (Å²) in [6.45, 7) is 3.94. The van der Waals surface area contributed by atoms with Gasteiger partial charge in [0.25, 0.3) is 0 Å². The molecule has 96 valence electrons. The Hall–Kier alpha value is -0.870. The van der Waals surface area contributed by atoms with Crippen LogP contribution in [0.2, 0.25) is 0 Å². The van der Waals surface area contributed by atoms with Gasteiger partial charge in [0, 0.05) is 11.8 Å². The van der Waals surface area contributed by atoms with Gasteiger partial charge in [-0.1, -0.05) is 38.1 Å². The van der Waals surface area contributed by atoms with Crippen LogP contribution in [0.3, 0.4) is 0 Å². The van der Waals surface area contributed by atoms with Gasteiger partial charge in [-0.2, -0.15) is 0 Å². The van der Waals surface area contributed by atoms with E-state index in [0.29, 0.717) is 6.42 Å². The third kappa shape index (κ3) is 4.48. The highest BCUT2D eigenvalue weighted by atomic mass is 32.2. The van der Waals surface area contributed by atoms with Crippen molar-refractivity contribution in [1.82, 2.24) is 0 Å². The van der Waals surface area contributed by atoms with Crippen molar-refractivity contribution in [3.8, 4) is 0 Å². The van der Waals surface area contributed by atoms with Gasteiger partial charge in [-0.3, -0.25) is 0 Å². The molecule has 0 spiro atoms. The second-order valence-corrected chi connectivity index (χ2v) is 6.54. The maximum absolute atomic E-state index is 11.7. The molecule has 1 rings (SSSR count). The monoisotopic (exact) mass is 255 g/mol. The summed E-state index contributed by atoms with van der Waals surface area (Å²) in [5, 5.41) is 0. The van der Waals surface area contributed by atoms with Crippen molar-refractivity contribution in [2.45, 2.75) is 32.7 Å². The van der Waals surface area contributed by atoms with E-state index in [0.717, 1.165) is 12.0 Å². The number of rotatable bonds is 6. The first-order valence-electron chi connectivity index (χ1n) is 6.03. The Morgan fingerprint density at radius 3 is 2.24 bits per heavy atom. The SMILES string of the molecule is CCCS(=O)(=O)CC(N)c1ccc(CC)cc1. The van der Waals surface area contributed by atoms with Gasteiger partial charge < -0.3 is 5.73 Å². The fourth-order valence-electron chi connectivity index (χ4n) is 1.76. The summed E-state index contributed by atoms with van der Waals surface area (Å²) in [7, 11) is -3.02. The van der Waals surface area contributed by atoms with E-state index in [9.17, 15) is 8.42 Å². The quantitative estimate of drug-likeness (QED) is 0.846. The fourth-order valence-corrected chi connectivity index (χ4v) is 3.29. The molecule has 0 aliphatic rings. The standard InChI is InChI=1S/C13H21NO2S/c1-3-9-17(15,16)10-13(14)12-7-5-11(4-2)6-8-12/h5-8,13H,3-4,9-10,14H2,1-2H3. The molecule has 0 saturated heterocycles. The molecule has 1 atom stereocenters. The summed E-state index contributed by atoms with van der Waals surface area (Å²) in [5.41, 5.74) is 8.05. The normalized spacial score (nSPS) is 13.6. The number of sulfone groups is 1.